The zero-order chi connectivity index (χ0) is 19.2. The summed E-state index contributed by atoms with van der Waals surface area (Å²) in [6.07, 6.45) is 5.16. The second-order valence-corrected chi connectivity index (χ2v) is 8.56. The molecule has 28 heavy (non-hydrogen) atoms. The van der Waals surface area contributed by atoms with Crippen molar-refractivity contribution in [3.05, 3.63) is 40.9 Å². The third-order valence-corrected chi connectivity index (χ3v) is 6.47. The number of ether oxygens (including phenoxy) is 1. The molecule has 0 N–H and O–H groups in total. The lowest BCUT2D eigenvalue weighted by molar-refractivity contribution is -0.130. The van der Waals surface area contributed by atoms with Crippen LogP contribution in [0.2, 0.25) is 0 Å². The van der Waals surface area contributed by atoms with Gasteiger partial charge in [-0.05, 0) is 24.5 Å². The second kappa shape index (κ2) is 9.63. The van der Waals surface area contributed by atoms with Crippen molar-refractivity contribution in [2.24, 2.45) is 0 Å². The fourth-order valence-electron chi connectivity index (χ4n) is 3.93. The summed E-state index contributed by atoms with van der Waals surface area (Å²) in [6.45, 7) is 6.37. The van der Waals surface area contributed by atoms with E-state index in [1.807, 2.05) is 10.3 Å². The number of hydrogen-bond donors (Lipinski definition) is 0. The van der Waals surface area contributed by atoms with Crippen molar-refractivity contribution in [1.82, 2.24) is 14.8 Å². The van der Waals surface area contributed by atoms with Crippen molar-refractivity contribution >= 4 is 17.2 Å². The molecule has 2 aliphatic heterocycles. The number of morpholine rings is 1. The maximum absolute atomic E-state index is 12.6. The minimum absolute atomic E-state index is 0.222. The van der Waals surface area contributed by atoms with Crippen molar-refractivity contribution < 1.29 is 9.53 Å². The van der Waals surface area contributed by atoms with Gasteiger partial charge in [0, 0.05) is 43.7 Å². The molecule has 0 radical (unpaired) electrons. The highest BCUT2D eigenvalue weighted by atomic mass is 32.1. The van der Waals surface area contributed by atoms with Gasteiger partial charge in [-0.15, -0.1) is 11.3 Å². The van der Waals surface area contributed by atoms with Crippen LogP contribution in [-0.4, -0.2) is 60.1 Å². The quantitative estimate of drug-likeness (QED) is 0.771. The molecule has 0 saturated carbocycles. The van der Waals surface area contributed by atoms with E-state index < -0.39 is 0 Å². The lowest BCUT2D eigenvalue weighted by atomic mass is 10.1. The smallest absolute Gasteiger partial charge is 0.228 e. The highest BCUT2D eigenvalue weighted by molar-refractivity contribution is 7.13. The molecular weight excluding hydrogens is 370 g/mol. The van der Waals surface area contributed by atoms with Crippen molar-refractivity contribution in [3.8, 4) is 10.6 Å². The average molecular weight is 400 g/mol. The van der Waals surface area contributed by atoms with Crippen LogP contribution in [-0.2, 0) is 22.5 Å². The molecule has 2 aromatic rings. The van der Waals surface area contributed by atoms with E-state index in [9.17, 15) is 4.79 Å². The van der Waals surface area contributed by atoms with E-state index in [-0.39, 0.29) is 5.91 Å². The number of amides is 1. The average Bonchev–Trinajstić information content (AvgIpc) is 3.01. The maximum atomic E-state index is 12.6. The van der Waals surface area contributed by atoms with Crippen LogP contribution in [0.1, 0.15) is 36.9 Å². The Labute approximate surface area is 171 Å². The Morgan fingerprint density at radius 1 is 1.07 bits per heavy atom. The summed E-state index contributed by atoms with van der Waals surface area (Å²) in [5.74, 6) is 0.222. The lowest BCUT2D eigenvalue weighted by Crippen LogP contribution is -2.35. The van der Waals surface area contributed by atoms with Crippen LogP contribution in [0.4, 0.5) is 0 Å². The number of hydrogen-bond acceptors (Lipinski definition) is 5. The number of benzene rings is 1. The largest absolute Gasteiger partial charge is 0.379 e. The number of nitrogens with zero attached hydrogens (tertiary/aromatic N) is 3. The van der Waals surface area contributed by atoms with E-state index in [1.165, 1.54) is 18.4 Å². The number of likely N-dealkylation sites (tertiary alicyclic amines) is 1. The molecule has 0 bridgehead atoms. The van der Waals surface area contributed by atoms with Crippen molar-refractivity contribution in [3.63, 3.8) is 0 Å². The Morgan fingerprint density at radius 3 is 2.64 bits per heavy atom. The van der Waals surface area contributed by atoms with Gasteiger partial charge in [-0.1, -0.05) is 31.0 Å². The molecule has 0 unspecified atom stereocenters. The third-order valence-electron chi connectivity index (χ3n) is 5.53. The van der Waals surface area contributed by atoms with Gasteiger partial charge in [0.1, 0.15) is 5.01 Å². The first kappa shape index (κ1) is 19.6. The molecule has 0 aliphatic carbocycles. The van der Waals surface area contributed by atoms with Crippen LogP contribution in [0.3, 0.4) is 0 Å². The summed E-state index contributed by atoms with van der Waals surface area (Å²) in [5.41, 5.74) is 3.34. The molecule has 1 aromatic heterocycles. The van der Waals surface area contributed by atoms with Crippen LogP contribution < -0.4 is 0 Å². The first-order valence-electron chi connectivity index (χ1n) is 10.4. The van der Waals surface area contributed by atoms with Crippen molar-refractivity contribution in [1.29, 1.82) is 0 Å². The fourth-order valence-corrected chi connectivity index (χ4v) is 4.74. The maximum Gasteiger partial charge on any atom is 0.228 e. The standard InChI is InChI=1S/C22H29N3O2S/c26-21(25-8-3-1-2-4-9-25)15-20-17-28-22(23-20)19-7-5-6-18(14-19)16-24-10-12-27-13-11-24/h5-7,14,17H,1-4,8-13,15-16H2. The Hall–Kier alpha value is -1.76. The van der Waals surface area contributed by atoms with Gasteiger partial charge in [-0.3, -0.25) is 9.69 Å². The molecule has 150 valence electrons. The first-order chi connectivity index (χ1) is 13.8. The Bertz CT molecular complexity index is 778. The van der Waals surface area contributed by atoms with Crippen LogP contribution in [0.5, 0.6) is 0 Å². The predicted molar refractivity (Wildman–Crippen MR) is 112 cm³/mol. The zero-order valence-electron chi connectivity index (χ0n) is 16.4. The molecule has 1 amide bonds. The Kier molecular flexibility index (Phi) is 6.73. The van der Waals surface area contributed by atoms with E-state index >= 15 is 0 Å². The predicted octanol–water partition coefficient (Wildman–Crippen LogP) is 3.59. The van der Waals surface area contributed by atoms with E-state index in [4.69, 9.17) is 9.72 Å². The van der Waals surface area contributed by atoms with Gasteiger partial charge >= 0.3 is 0 Å². The van der Waals surface area contributed by atoms with E-state index in [2.05, 4.69) is 29.2 Å². The monoisotopic (exact) mass is 399 g/mol. The molecule has 3 heterocycles. The summed E-state index contributed by atoms with van der Waals surface area (Å²) in [7, 11) is 0. The van der Waals surface area contributed by atoms with Crippen molar-refractivity contribution in [2.75, 3.05) is 39.4 Å². The highest BCUT2D eigenvalue weighted by Gasteiger charge is 2.17. The van der Waals surface area contributed by atoms with Crippen LogP contribution >= 0.6 is 11.3 Å². The van der Waals surface area contributed by atoms with Gasteiger partial charge < -0.3 is 9.64 Å². The Balaban J connectivity index is 1.39. The minimum Gasteiger partial charge on any atom is -0.379 e. The van der Waals surface area contributed by atoms with Crippen LogP contribution in [0, 0.1) is 0 Å². The molecule has 0 atom stereocenters. The van der Waals surface area contributed by atoms with E-state index in [0.29, 0.717) is 6.42 Å². The zero-order valence-corrected chi connectivity index (χ0v) is 17.3. The number of aromatic nitrogens is 1. The number of carbonyl (C=O) groups excluding carboxylic acids is 1. The van der Waals surface area contributed by atoms with Crippen LogP contribution in [0.25, 0.3) is 10.6 Å². The van der Waals surface area contributed by atoms with Crippen LogP contribution in [0.15, 0.2) is 29.6 Å². The molecule has 1 aromatic carbocycles. The van der Waals surface area contributed by atoms with Gasteiger partial charge in [-0.2, -0.15) is 0 Å². The highest BCUT2D eigenvalue weighted by Crippen LogP contribution is 2.25. The van der Waals surface area contributed by atoms with Gasteiger partial charge in [0.15, 0.2) is 0 Å². The summed E-state index contributed by atoms with van der Waals surface area (Å²) >= 11 is 1.63. The Morgan fingerprint density at radius 2 is 1.86 bits per heavy atom. The molecule has 2 fully saturated rings. The molecule has 0 spiro atoms. The molecule has 4 rings (SSSR count). The topological polar surface area (TPSA) is 45.7 Å². The lowest BCUT2D eigenvalue weighted by Gasteiger charge is -2.26. The van der Waals surface area contributed by atoms with Gasteiger partial charge in [0.05, 0.1) is 25.3 Å². The summed E-state index contributed by atoms with van der Waals surface area (Å²) in [4.78, 5) is 21.8. The SMILES string of the molecule is O=C(Cc1csc(-c2cccc(CN3CCOCC3)c2)n1)N1CCCCCC1. The van der Waals surface area contributed by atoms with Gasteiger partial charge in [0.2, 0.25) is 5.91 Å². The molecule has 2 aliphatic rings. The van der Waals surface area contributed by atoms with E-state index in [0.717, 1.165) is 75.0 Å². The molecular formula is C22H29N3O2S. The van der Waals surface area contributed by atoms with Gasteiger partial charge in [-0.25, -0.2) is 4.98 Å². The number of thiazole rings is 1. The fraction of sp³-hybridized carbons (Fsp3) is 0.545. The second-order valence-electron chi connectivity index (χ2n) is 7.70. The summed E-state index contributed by atoms with van der Waals surface area (Å²) in [6, 6.07) is 8.63. The first-order valence-corrected chi connectivity index (χ1v) is 11.3. The summed E-state index contributed by atoms with van der Waals surface area (Å²) in [5, 5.41) is 3.04. The molecule has 2 saturated heterocycles. The van der Waals surface area contributed by atoms with Gasteiger partial charge in [0.25, 0.3) is 0 Å². The van der Waals surface area contributed by atoms with Crippen molar-refractivity contribution in [2.45, 2.75) is 38.6 Å². The molecule has 5 nitrogen and oxygen atoms in total. The number of rotatable bonds is 5. The minimum atomic E-state index is 0.222. The number of carbonyl (C=O) groups is 1. The summed E-state index contributed by atoms with van der Waals surface area (Å²) < 4.78 is 5.43. The third kappa shape index (κ3) is 5.19. The normalized spacial score (nSPS) is 18.8. The molecule has 6 heteroatoms. The van der Waals surface area contributed by atoms with E-state index in [1.54, 1.807) is 11.3 Å².